The second-order valence-corrected chi connectivity index (χ2v) is 6.24. The van der Waals surface area contributed by atoms with Gasteiger partial charge < -0.3 is 19.9 Å². The maximum Gasteiger partial charge on any atom is 0.234 e. The minimum absolute atomic E-state index is 0. The standard InChI is InChI=1S/C18H24N4O2.2ClH/c1-22-10-9-20-18(22)17(14-5-7-15(24-2)8-6-14)21-16(23)12-19-11-13-3-4-13;;/h5-10,13,17,19H,3-4,11-12H2,1-2H3,(H,21,23);2*1H. The van der Waals surface area contributed by atoms with Crippen LogP contribution in [0.3, 0.4) is 0 Å². The third kappa shape index (κ3) is 5.90. The van der Waals surface area contributed by atoms with E-state index in [0.29, 0.717) is 6.54 Å². The summed E-state index contributed by atoms with van der Waals surface area (Å²) in [5.41, 5.74) is 0.973. The van der Waals surface area contributed by atoms with E-state index < -0.39 is 0 Å². The Morgan fingerprint density at radius 1 is 1.31 bits per heavy atom. The van der Waals surface area contributed by atoms with E-state index in [9.17, 15) is 4.79 Å². The molecule has 1 fully saturated rings. The molecule has 3 rings (SSSR count). The number of benzene rings is 1. The lowest BCUT2D eigenvalue weighted by atomic mass is 10.1. The van der Waals surface area contributed by atoms with Crippen LogP contribution in [0.1, 0.15) is 30.3 Å². The number of nitrogens with zero attached hydrogens (tertiary/aromatic N) is 2. The molecule has 1 aliphatic carbocycles. The van der Waals surface area contributed by atoms with Crippen LogP contribution in [0.2, 0.25) is 0 Å². The van der Waals surface area contributed by atoms with E-state index in [1.807, 2.05) is 42.1 Å². The van der Waals surface area contributed by atoms with E-state index in [4.69, 9.17) is 4.74 Å². The molecule has 0 bridgehead atoms. The molecule has 1 aromatic carbocycles. The lowest BCUT2D eigenvalue weighted by Crippen LogP contribution is -2.38. The second-order valence-electron chi connectivity index (χ2n) is 6.24. The summed E-state index contributed by atoms with van der Waals surface area (Å²) in [4.78, 5) is 16.7. The number of halogens is 2. The first-order valence-electron chi connectivity index (χ1n) is 8.28. The molecule has 0 aliphatic heterocycles. The Morgan fingerprint density at radius 2 is 2.00 bits per heavy atom. The van der Waals surface area contributed by atoms with Crippen molar-refractivity contribution in [3.05, 3.63) is 48.0 Å². The van der Waals surface area contributed by atoms with Crippen LogP contribution in [-0.4, -0.2) is 35.7 Å². The van der Waals surface area contributed by atoms with Crippen molar-refractivity contribution in [2.45, 2.75) is 18.9 Å². The largest absolute Gasteiger partial charge is 0.497 e. The van der Waals surface area contributed by atoms with Gasteiger partial charge in [0.1, 0.15) is 17.6 Å². The van der Waals surface area contributed by atoms with E-state index in [1.165, 1.54) is 12.8 Å². The highest BCUT2D eigenvalue weighted by atomic mass is 35.5. The van der Waals surface area contributed by atoms with Crippen molar-refractivity contribution in [1.82, 2.24) is 20.2 Å². The summed E-state index contributed by atoms with van der Waals surface area (Å²) in [7, 11) is 3.56. The Hall–Kier alpha value is -1.76. The molecule has 1 amide bonds. The van der Waals surface area contributed by atoms with Crippen LogP contribution in [0.25, 0.3) is 0 Å². The van der Waals surface area contributed by atoms with Gasteiger partial charge in [0.25, 0.3) is 0 Å². The average molecular weight is 401 g/mol. The molecule has 1 aromatic heterocycles. The summed E-state index contributed by atoms with van der Waals surface area (Å²) < 4.78 is 7.13. The van der Waals surface area contributed by atoms with Crippen molar-refractivity contribution >= 4 is 30.7 Å². The number of carbonyl (C=O) groups excluding carboxylic acids is 1. The number of imidazole rings is 1. The molecule has 0 radical (unpaired) electrons. The summed E-state index contributed by atoms with van der Waals surface area (Å²) >= 11 is 0. The predicted molar refractivity (Wildman–Crippen MR) is 106 cm³/mol. The Bertz CT molecular complexity index is 687. The van der Waals surface area contributed by atoms with Crippen molar-refractivity contribution in [1.29, 1.82) is 0 Å². The topological polar surface area (TPSA) is 68.2 Å². The van der Waals surface area contributed by atoms with Crippen LogP contribution >= 0.6 is 24.8 Å². The van der Waals surface area contributed by atoms with Crippen molar-refractivity contribution in [2.75, 3.05) is 20.2 Å². The highest BCUT2D eigenvalue weighted by Gasteiger charge is 2.23. The Labute approximate surface area is 166 Å². The fraction of sp³-hybridized carbons (Fsp3) is 0.444. The number of carbonyl (C=O) groups is 1. The number of aromatic nitrogens is 2. The van der Waals surface area contributed by atoms with Crippen LogP contribution in [0.15, 0.2) is 36.7 Å². The Kier molecular flexibility index (Phi) is 8.92. The minimum atomic E-state index is -0.286. The Morgan fingerprint density at radius 3 is 2.54 bits per heavy atom. The highest BCUT2D eigenvalue weighted by Crippen LogP contribution is 2.27. The van der Waals surface area contributed by atoms with Gasteiger partial charge in [-0.2, -0.15) is 0 Å². The number of hydrogen-bond acceptors (Lipinski definition) is 4. The molecular weight excluding hydrogens is 375 g/mol. The number of rotatable bonds is 8. The van der Waals surface area contributed by atoms with Crippen LogP contribution in [0.5, 0.6) is 5.75 Å². The molecule has 144 valence electrons. The lowest BCUT2D eigenvalue weighted by Gasteiger charge is -2.19. The fourth-order valence-electron chi connectivity index (χ4n) is 2.67. The number of amides is 1. The van der Waals surface area contributed by atoms with Gasteiger partial charge in [-0.25, -0.2) is 4.98 Å². The van der Waals surface area contributed by atoms with Gasteiger partial charge in [-0.15, -0.1) is 24.8 Å². The number of methoxy groups -OCH3 is 1. The molecule has 2 aromatic rings. The van der Waals surface area contributed by atoms with Crippen LogP contribution in [-0.2, 0) is 11.8 Å². The minimum Gasteiger partial charge on any atom is -0.497 e. The number of hydrogen-bond donors (Lipinski definition) is 2. The summed E-state index contributed by atoms with van der Waals surface area (Å²) in [6.07, 6.45) is 6.17. The third-order valence-corrected chi connectivity index (χ3v) is 4.29. The maximum absolute atomic E-state index is 12.3. The number of nitrogens with one attached hydrogen (secondary N) is 2. The number of ether oxygens (including phenoxy) is 1. The van der Waals surface area contributed by atoms with Crippen molar-refractivity contribution < 1.29 is 9.53 Å². The molecule has 6 nitrogen and oxygen atoms in total. The molecule has 26 heavy (non-hydrogen) atoms. The zero-order valence-electron chi connectivity index (χ0n) is 15.0. The van der Waals surface area contributed by atoms with E-state index >= 15 is 0 Å². The molecule has 1 heterocycles. The summed E-state index contributed by atoms with van der Waals surface area (Å²) in [6, 6.07) is 7.41. The lowest BCUT2D eigenvalue weighted by molar-refractivity contribution is -0.120. The zero-order valence-corrected chi connectivity index (χ0v) is 16.6. The van der Waals surface area contributed by atoms with Crippen molar-refractivity contribution in [3.63, 3.8) is 0 Å². The SMILES string of the molecule is COc1ccc(C(NC(=O)CNCC2CC2)c2nccn2C)cc1.Cl.Cl. The molecule has 8 heteroatoms. The van der Waals surface area contributed by atoms with Crippen molar-refractivity contribution in [3.8, 4) is 5.75 Å². The molecule has 0 saturated heterocycles. The fourth-order valence-corrected chi connectivity index (χ4v) is 2.67. The summed E-state index contributed by atoms with van der Waals surface area (Å²) in [5.74, 6) is 2.31. The smallest absolute Gasteiger partial charge is 0.234 e. The molecule has 2 N–H and O–H groups in total. The Balaban J connectivity index is 0.00000169. The van der Waals surface area contributed by atoms with Crippen LogP contribution in [0.4, 0.5) is 0 Å². The van der Waals surface area contributed by atoms with E-state index in [0.717, 1.165) is 29.6 Å². The first kappa shape index (κ1) is 22.3. The monoisotopic (exact) mass is 400 g/mol. The molecule has 1 atom stereocenters. The molecule has 0 spiro atoms. The summed E-state index contributed by atoms with van der Waals surface area (Å²) in [5, 5.41) is 6.31. The normalized spacial score (nSPS) is 13.9. The van der Waals surface area contributed by atoms with E-state index in [1.54, 1.807) is 13.3 Å². The van der Waals surface area contributed by atoms with Gasteiger partial charge in [0.15, 0.2) is 0 Å². The molecule has 1 aliphatic rings. The predicted octanol–water partition coefficient (Wildman–Crippen LogP) is 2.48. The van der Waals surface area contributed by atoms with Gasteiger partial charge in [0, 0.05) is 19.4 Å². The van der Waals surface area contributed by atoms with Crippen molar-refractivity contribution in [2.24, 2.45) is 13.0 Å². The van der Waals surface area contributed by atoms with Gasteiger partial charge in [0.2, 0.25) is 5.91 Å². The van der Waals surface area contributed by atoms with Gasteiger partial charge in [0.05, 0.1) is 13.7 Å². The van der Waals surface area contributed by atoms with Gasteiger partial charge in [-0.3, -0.25) is 4.79 Å². The maximum atomic E-state index is 12.3. The molecular formula is C18H26Cl2N4O2. The van der Waals surface area contributed by atoms with E-state index in [-0.39, 0.29) is 36.8 Å². The second kappa shape index (κ2) is 10.4. The molecule has 1 saturated carbocycles. The van der Waals surface area contributed by atoms with Gasteiger partial charge >= 0.3 is 0 Å². The molecule has 1 unspecified atom stereocenters. The zero-order chi connectivity index (χ0) is 16.9. The van der Waals surface area contributed by atoms with Crippen LogP contribution in [0, 0.1) is 5.92 Å². The summed E-state index contributed by atoms with van der Waals surface area (Å²) in [6.45, 7) is 1.25. The third-order valence-electron chi connectivity index (χ3n) is 4.29. The van der Waals surface area contributed by atoms with Gasteiger partial charge in [-0.1, -0.05) is 12.1 Å². The van der Waals surface area contributed by atoms with Gasteiger partial charge in [-0.05, 0) is 43.0 Å². The average Bonchev–Trinajstić information content (AvgIpc) is 3.32. The highest BCUT2D eigenvalue weighted by molar-refractivity contribution is 5.85. The van der Waals surface area contributed by atoms with Crippen LogP contribution < -0.4 is 15.4 Å². The van der Waals surface area contributed by atoms with E-state index in [2.05, 4.69) is 15.6 Å². The number of aryl methyl sites for hydroxylation is 1. The quantitative estimate of drug-likeness (QED) is 0.713. The first-order valence-corrected chi connectivity index (χ1v) is 8.28. The first-order chi connectivity index (χ1) is 11.7.